The molecule has 0 radical (unpaired) electrons. The number of nitrogens with one attached hydrogen (secondary N) is 1. The highest BCUT2D eigenvalue weighted by molar-refractivity contribution is 5.84. The first kappa shape index (κ1) is 20.6. The van der Waals surface area contributed by atoms with E-state index in [9.17, 15) is 14.0 Å². The zero-order valence-corrected chi connectivity index (χ0v) is 17.0. The summed E-state index contributed by atoms with van der Waals surface area (Å²) < 4.78 is 20.1. The summed E-state index contributed by atoms with van der Waals surface area (Å²) in [5.41, 5.74) is 0.167. The highest BCUT2D eigenvalue weighted by Gasteiger charge is 2.28. The molecule has 2 aliphatic rings. The molecule has 2 fully saturated rings. The number of amides is 1. The fourth-order valence-corrected chi connectivity index (χ4v) is 3.93. The Hall–Kier alpha value is -2.18. The molecule has 1 unspecified atom stereocenters. The van der Waals surface area contributed by atoms with Gasteiger partial charge in [0.15, 0.2) is 11.6 Å². The van der Waals surface area contributed by atoms with Crippen LogP contribution in [0.15, 0.2) is 12.3 Å². The van der Waals surface area contributed by atoms with Gasteiger partial charge >= 0.3 is 5.97 Å². The fourth-order valence-electron chi connectivity index (χ4n) is 3.93. The molecule has 0 bridgehead atoms. The number of rotatable bonds is 4. The van der Waals surface area contributed by atoms with E-state index in [2.05, 4.69) is 10.3 Å². The Bertz CT molecular complexity index is 724. The summed E-state index contributed by atoms with van der Waals surface area (Å²) in [4.78, 5) is 30.2. The quantitative estimate of drug-likeness (QED) is 0.799. The van der Waals surface area contributed by atoms with Crippen molar-refractivity contribution in [3.05, 3.63) is 23.6 Å². The van der Waals surface area contributed by atoms with Crippen LogP contribution in [0.1, 0.15) is 64.4 Å². The summed E-state index contributed by atoms with van der Waals surface area (Å²) in [5, 5.41) is 2.83. The molecule has 0 aliphatic carbocycles. The average molecular weight is 391 g/mol. The summed E-state index contributed by atoms with van der Waals surface area (Å²) in [5.74, 6) is -0.352. The van der Waals surface area contributed by atoms with Crippen molar-refractivity contribution in [1.29, 1.82) is 0 Å². The monoisotopic (exact) mass is 391 g/mol. The van der Waals surface area contributed by atoms with Crippen molar-refractivity contribution in [2.45, 2.75) is 64.4 Å². The van der Waals surface area contributed by atoms with E-state index in [4.69, 9.17) is 4.74 Å². The number of carbonyl (C=O) groups is 2. The molecule has 2 saturated heterocycles. The van der Waals surface area contributed by atoms with Gasteiger partial charge in [-0.15, -0.1) is 0 Å². The molecule has 1 aromatic rings. The van der Waals surface area contributed by atoms with Crippen LogP contribution in [0.5, 0.6) is 0 Å². The van der Waals surface area contributed by atoms with Crippen LogP contribution >= 0.6 is 0 Å². The first-order chi connectivity index (χ1) is 13.2. The number of carbonyl (C=O) groups excluding carboxylic acids is 2. The van der Waals surface area contributed by atoms with Crippen LogP contribution in [0.3, 0.4) is 0 Å². The van der Waals surface area contributed by atoms with Crippen molar-refractivity contribution in [3.8, 4) is 0 Å². The molecule has 1 amide bonds. The Labute approximate surface area is 165 Å². The largest absolute Gasteiger partial charge is 0.460 e. The number of pyridine rings is 1. The number of anilines is 1. The van der Waals surface area contributed by atoms with Crippen LogP contribution < -0.4 is 10.2 Å². The first-order valence-corrected chi connectivity index (χ1v) is 10.1. The van der Waals surface area contributed by atoms with E-state index in [0.717, 1.165) is 25.7 Å². The Morgan fingerprint density at radius 1 is 1.32 bits per heavy atom. The molecule has 2 aliphatic heterocycles. The number of halogens is 1. The van der Waals surface area contributed by atoms with Gasteiger partial charge in [-0.2, -0.15) is 0 Å². The normalized spacial score (nSPS) is 21.4. The van der Waals surface area contributed by atoms with E-state index in [1.54, 1.807) is 6.20 Å². The Balaban J connectivity index is 1.57. The maximum absolute atomic E-state index is 14.7. The van der Waals surface area contributed by atoms with Gasteiger partial charge in [0.25, 0.3) is 0 Å². The highest BCUT2D eigenvalue weighted by atomic mass is 19.1. The fraction of sp³-hybridized carbons (Fsp3) is 0.667. The summed E-state index contributed by atoms with van der Waals surface area (Å²) in [6.45, 7) is 7.58. The number of hydrogen-bond donors (Lipinski definition) is 1. The second kappa shape index (κ2) is 8.45. The van der Waals surface area contributed by atoms with E-state index < -0.39 is 5.60 Å². The number of ether oxygens (including phenoxy) is 1. The molecule has 154 valence electrons. The van der Waals surface area contributed by atoms with E-state index in [0.29, 0.717) is 37.4 Å². The van der Waals surface area contributed by atoms with E-state index in [1.165, 1.54) is 6.07 Å². The van der Waals surface area contributed by atoms with E-state index in [1.807, 2.05) is 25.7 Å². The van der Waals surface area contributed by atoms with Gasteiger partial charge in [0, 0.05) is 32.3 Å². The second-order valence-corrected chi connectivity index (χ2v) is 8.78. The molecule has 1 atom stereocenters. The van der Waals surface area contributed by atoms with Crippen LogP contribution in [-0.2, 0) is 14.3 Å². The maximum Gasteiger partial charge on any atom is 0.306 e. The van der Waals surface area contributed by atoms with Gasteiger partial charge in [-0.1, -0.05) is 0 Å². The SMILES string of the molecule is CC(C)(C)OC(=O)CC1CCN(c2ncc(C3CCCNC3=O)cc2F)CC1. The number of esters is 1. The molecule has 28 heavy (non-hydrogen) atoms. The molecule has 3 rings (SSSR count). The van der Waals surface area contributed by atoms with Crippen LogP contribution in [-0.4, -0.2) is 42.1 Å². The molecule has 0 spiro atoms. The van der Waals surface area contributed by atoms with Crippen LogP contribution in [0.2, 0.25) is 0 Å². The first-order valence-electron chi connectivity index (χ1n) is 10.1. The zero-order valence-electron chi connectivity index (χ0n) is 17.0. The molecular weight excluding hydrogens is 361 g/mol. The molecule has 7 heteroatoms. The Kier molecular flexibility index (Phi) is 6.20. The topological polar surface area (TPSA) is 71.5 Å². The molecule has 1 aromatic heterocycles. The van der Waals surface area contributed by atoms with Gasteiger partial charge in [0.1, 0.15) is 5.60 Å². The summed E-state index contributed by atoms with van der Waals surface area (Å²) in [7, 11) is 0. The number of nitrogens with zero attached hydrogens (tertiary/aromatic N) is 2. The zero-order chi connectivity index (χ0) is 20.3. The predicted molar refractivity (Wildman–Crippen MR) is 105 cm³/mol. The Morgan fingerprint density at radius 2 is 2.04 bits per heavy atom. The van der Waals surface area contributed by atoms with Crippen LogP contribution in [0.4, 0.5) is 10.2 Å². The lowest BCUT2D eigenvalue weighted by Gasteiger charge is -2.33. The third kappa shape index (κ3) is 5.20. The smallest absolute Gasteiger partial charge is 0.306 e. The van der Waals surface area contributed by atoms with Crippen LogP contribution in [0.25, 0.3) is 0 Å². The van der Waals surface area contributed by atoms with Crippen molar-refractivity contribution in [3.63, 3.8) is 0 Å². The van der Waals surface area contributed by atoms with Gasteiger partial charge < -0.3 is 15.0 Å². The lowest BCUT2D eigenvalue weighted by Crippen LogP contribution is -2.37. The van der Waals surface area contributed by atoms with Crippen molar-refractivity contribution in [1.82, 2.24) is 10.3 Å². The van der Waals surface area contributed by atoms with Gasteiger partial charge in [-0.05, 0) is 64.0 Å². The lowest BCUT2D eigenvalue weighted by atomic mass is 9.91. The minimum atomic E-state index is -0.470. The number of aromatic nitrogens is 1. The van der Waals surface area contributed by atoms with E-state index >= 15 is 0 Å². The summed E-state index contributed by atoms with van der Waals surface area (Å²) in [6, 6.07) is 1.45. The second-order valence-electron chi connectivity index (χ2n) is 8.78. The third-order valence-corrected chi connectivity index (χ3v) is 5.32. The molecular formula is C21H30FN3O3. The van der Waals surface area contributed by atoms with Crippen molar-refractivity contribution in [2.75, 3.05) is 24.5 Å². The molecule has 1 N–H and O–H groups in total. The standard InChI is InChI=1S/C21H30FN3O3/c1-21(2,3)28-18(26)11-14-6-9-25(10-7-14)19-17(22)12-15(13-24-19)16-5-4-8-23-20(16)27/h12-14,16H,4-11H2,1-3H3,(H,23,27). The molecule has 3 heterocycles. The third-order valence-electron chi connectivity index (χ3n) is 5.32. The average Bonchev–Trinajstić information content (AvgIpc) is 2.61. The summed E-state index contributed by atoms with van der Waals surface area (Å²) >= 11 is 0. The van der Waals surface area contributed by atoms with Gasteiger partial charge in [0.05, 0.1) is 5.92 Å². The lowest BCUT2D eigenvalue weighted by molar-refractivity contribution is -0.156. The van der Waals surface area contributed by atoms with Crippen molar-refractivity contribution >= 4 is 17.7 Å². The van der Waals surface area contributed by atoms with Gasteiger partial charge in [-0.25, -0.2) is 9.37 Å². The van der Waals surface area contributed by atoms with Crippen LogP contribution in [0, 0.1) is 11.7 Å². The predicted octanol–water partition coefficient (Wildman–Crippen LogP) is 3.16. The maximum atomic E-state index is 14.7. The number of piperidine rings is 2. The van der Waals surface area contributed by atoms with Crippen molar-refractivity contribution in [2.24, 2.45) is 5.92 Å². The van der Waals surface area contributed by atoms with Crippen molar-refractivity contribution < 1.29 is 18.7 Å². The molecule has 0 saturated carbocycles. The number of hydrogen-bond acceptors (Lipinski definition) is 5. The summed E-state index contributed by atoms with van der Waals surface area (Å²) in [6.07, 6.45) is 5.24. The van der Waals surface area contributed by atoms with Gasteiger partial charge in [-0.3, -0.25) is 9.59 Å². The van der Waals surface area contributed by atoms with E-state index in [-0.39, 0.29) is 29.5 Å². The minimum Gasteiger partial charge on any atom is -0.460 e. The Morgan fingerprint density at radius 3 is 2.64 bits per heavy atom. The molecule has 0 aromatic carbocycles. The molecule has 6 nitrogen and oxygen atoms in total. The van der Waals surface area contributed by atoms with Gasteiger partial charge in [0.2, 0.25) is 5.91 Å². The highest BCUT2D eigenvalue weighted by Crippen LogP contribution is 2.30. The minimum absolute atomic E-state index is 0.0526.